The minimum Gasteiger partial charge on any atom is -0.314 e. The maximum absolute atomic E-state index is 3.63. The van der Waals surface area contributed by atoms with E-state index in [9.17, 15) is 0 Å². The molecule has 1 aromatic carbocycles. The molecule has 1 saturated heterocycles. The predicted octanol–water partition coefficient (Wildman–Crippen LogP) is 3.21. The smallest absolute Gasteiger partial charge is 0.0236 e. The third-order valence-corrected chi connectivity index (χ3v) is 4.67. The van der Waals surface area contributed by atoms with Gasteiger partial charge in [0.1, 0.15) is 0 Å². The zero-order valence-electron chi connectivity index (χ0n) is 13.0. The second-order valence-electron chi connectivity index (χ2n) is 7.37. The normalized spacial score (nSPS) is 22.3. The van der Waals surface area contributed by atoms with Crippen LogP contribution in [-0.4, -0.2) is 30.6 Å². The maximum Gasteiger partial charge on any atom is 0.0236 e. The molecule has 1 heterocycles. The van der Waals surface area contributed by atoms with Gasteiger partial charge in [-0.15, -0.1) is 0 Å². The van der Waals surface area contributed by atoms with Gasteiger partial charge < -0.3 is 5.32 Å². The van der Waals surface area contributed by atoms with Gasteiger partial charge >= 0.3 is 0 Å². The average Bonchev–Trinajstić information content (AvgIpc) is 3.16. The Balaban J connectivity index is 1.57. The number of hydrogen-bond donors (Lipinski definition) is 1. The quantitative estimate of drug-likeness (QED) is 0.855. The summed E-state index contributed by atoms with van der Waals surface area (Å²) in [6, 6.07) is 9.82. The summed E-state index contributed by atoms with van der Waals surface area (Å²) in [6.45, 7) is 9.52. The van der Waals surface area contributed by atoms with Gasteiger partial charge in [0.05, 0.1) is 0 Å². The number of nitrogens with zero attached hydrogens (tertiary/aromatic N) is 1. The zero-order valence-corrected chi connectivity index (χ0v) is 13.0. The molecule has 2 nitrogen and oxygen atoms in total. The van der Waals surface area contributed by atoms with E-state index in [1.165, 1.54) is 49.9 Å². The fourth-order valence-electron chi connectivity index (χ4n) is 3.25. The van der Waals surface area contributed by atoms with E-state index in [0.717, 1.165) is 19.1 Å². The molecule has 2 heteroatoms. The fourth-order valence-corrected chi connectivity index (χ4v) is 3.25. The molecule has 3 rings (SSSR count). The van der Waals surface area contributed by atoms with E-state index in [-0.39, 0.29) is 0 Å². The van der Waals surface area contributed by atoms with Crippen LogP contribution in [0.1, 0.15) is 44.2 Å². The van der Waals surface area contributed by atoms with Gasteiger partial charge in [0, 0.05) is 19.1 Å². The van der Waals surface area contributed by atoms with Gasteiger partial charge in [0.15, 0.2) is 0 Å². The van der Waals surface area contributed by atoms with Crippen LogP contribution in [0.15, 0.2) is 24.3 Å². The number of nitrogens with one attached hydrogen (secondary N) is 1. The monoisotopic (exact) mass is 272 g/mol. The van der Waals surface area contributed by atoms with Crippen LogP contribution in [0.4, 0.5) is 0 Å². The Bertz CT molecular complexity index is 448. The summed E-state index contributed by atoms with van der Waals surface area (Å²) in [5.74, 6) is 0. The van der Waals surface area contributed by atoms with Crippen molar-refractivity contribution in [3.63, 3.8) is 0 Å². The second-order valence-corrected chi connectivity index (χ2v) is 7.37. The summed E-state index contributed by atoms with van der Waals surface area (Å²) >= 11 is 0. The van der Waals surface area contributed by atoms with Gasteiger partial charge in [-0.25, -0.2) is 0 Å². The van der Waals surface area contributed by atoms with Crippen LogP contribution in [0.3, 0.4) is 0 Å². The highest BCUT2D eigenvalue weighted by molar-refractivity contribution is 5.27. The first-order valence-electron chi connectivity index (χ1n) is 8.15. The lowest BCUT2D eigenvalue weighted by Crippen LogP contribution is -2.24. The first kappa shape index (κ1) is 14.1. The predicted molar refractivity (Wildman–Crippen MR) is 84.8 cm³/mol. The first-order chi connectivity index (χ1) is 9.62. The molecule has 20 heavy (non-hydrogen) atoms. The van der Waals surface area contributed by atoms with Gasteiger partial charge in [-0.2, -0.15) is 0 Å². The largest absolute Gasteiger partial charge is 0.314 e. The average molecular weight is 272 g/mol. The molecule has 0 bridgehead atoms. The molecule has 0 amide bonds. The molecule has 2 fully saturated rings. The number of hydrogen-bond acceptors (Lipinski definition) is 2. The Morgan fingerprint density at radius 1 is 1.20 bits per heavy atom. The summed E-state index contributed by atoms with van der Waals surface area (Å²) in [5.41, 5.74) is 3.57. The third kappa shape index (κ3) is 3.83. The molecule has 0 aromatic heterocycles. The van der Waals surface area contributed by atoms with E-state index in [1.807, 2.05) is 0 Å². The molecule has 0 spiro atoms. The van der Waals surface area contributed by atoms with Crippen LogP contribution in [0.5, 0.6) is 0 Å². The van der Waals surface area contributed by atoms with E-state index in [2.05, 4.69) is 48.3 Å². The molecule has 1 aliphatic heterocycles. The molecule has 0 atom stereocenters. The lowest BCUT2D eigenvalue weighted by atomic mass is 9.93. The van der Waals surface area contributed by atoms with Gasteiger partial charge in [-0.3, -0.25) is 4.90 Å². The van der Waals surface area contributed by atoms with Crippen molar-refractivity contribution < 1.29 is 0 Å². The molecule has 110 valence electrons. The maximum atomic E-state index is 3.63. The Morgan fingerprint density at radius 3 is 2.60 bits per heavy atom. The molecule has 1 aliphatic carbocycles. The Labute approximate surface area is 123 Å². The summed E-state index contributed by atoms with van der Waals surface area (Å²) in [4.78, 5) is 2.62. The van der Waals surface area contributed by atoms with Crippen LogP contribution in [0.2, 0.25) is 0 Å². The highest BCUT2D eigenvalue weighted by Crippen LogP contribution is 2.30. The lowest BCUT2D eigenvalue weighted by Gasteiger charge is -2.21. The highest BCUT2D eigenvalue weighted by Gasteiger charge is 2.29. The Hall–Kier alpha value is -0.860. The highest BCUT2D eigenvalue weighted by atomic mass is 15.1. The summed E-state index contributed by atoms with van der Waals surface area (Å²) in [5, 5.41) is 3.63. The van der Waals surface area contributed by atoms with Gasteiger partial charge in [-0.05, 0) is 55.3 Å². The minimum absolute atomic E-state index is 0.502. The van der Waals surface area contributed by atoms with Crippen molar-refractivity contribution in [3.05, 3.63) is 35.4 Å². The van der Waals surface area contributed by atoms with Crippen LogP contribution in [0.25, 0.3) is 0 Å². The van der Waals surface area contributed by atoms with Crippen LogP contribution in [-0.2, 0) is 13.0 Å². The topological polar surface area (TPSA) is 15.3 Å². The van der Waals surface area contributed by atoms with E-state index in [1.54, 1.807) is 0 Å². The van der Waals surface area contributed by atoms with E-state index >= 15 is 0 Å². The SMILES string of the molecule is CC1(C)CCN(Cc2ccccc2CCNC2CC2)C1. The second kappa shape index (κ2) is 5.87. The van der Waals surface area contributed by atoms with E-state index in [0.29, 0.717) is 5.41 Å². The van der Waals surface area contributed by atoms with Crippen molar-refractivity contribution in [3.8, 4) is 0 Å². The first-order valence-corrected chi connectivity index (χ1v) is 8.15. The molecule has 1 aromatic rings. The fraction of sp³-hybridized carbons (Fsp3) is 0.667. The van der Waals surface area contributed by atoms with Crippen molar-refractivity contribution in [2.75, 3.05) is 19.6 Å². The number of rotatable bonds is 6. The minimum atomic E-state index is 0.502. The number of likely N-dealkylation sites (tertiary alicyclic amines) is 1. The van der Waals surface area contributed by atoms with Crippen LogP contribution >= 0.6 is 0 Å². The molecule has 2 aliphatic rings. The molecule has 0 unspecified atom stereocenters. The van der Waals surface area contributed by atoms with Crippen molar-refractivity contribution in [1.82, 2.24) is 10.2 Å². The summed E-state index contributed by atoms with van der Waals surface area (Å²) in [7, 11) is 0. The molecule has 1 saturated carbocycles. The third-order valence-electron chi connectivity index (χ3n) is 4.67. The zero-order chi connectivity index (χ0) is 14.0. The Kier molecular flexibility index (Phi) is 4.13. The van der Waals surface area contributed by atoms with Gasteiger partial charge in [-0.1, -0.05) is 38.1 Å². The molecular weight excluding hydrogens is 244 g/mol. The van der Waals surface area contributed by atoms with Crippen LogP contribution in [0, 0.1) is 5.41 Å². The van der Waals surface area contributed by atoms with Crippen molar-refractivity contribution >= 4 is 0 Å². The van der Waals surface area contributed by atoms with Gasteiger partial charge in [0.25, 0.3) is 0 Å². The van der Waals surface area contributed by atoms with Crippen LogP contribution < -0.4 is 5.32 Å². The van der Waals surface area contributed by atoms with E-state index in [4.69, 9.17) is 0 Å². The Morgan fingerprint density at radius 2 is 1.95 bits per heavy atom. The van der Waals surface area contributed by atoms with E-state index < -0.39 is 0 Å². The molecule has 1 N–H and O–H groups in total. The lowest BCUT2D eigenvalue weighted by molar-refractivity contribution is 0.283. The molecule has 0 radical (unpaired) electrons. The van der Waals surface area contributed by atoms with Crippen molar-refractivity contribution in [2.24, 2.45) is 5.41 Å². The molecular formula is C18H28N2. The standard InChI is InChI=1S/C18H28N2/c1-18(2)10-12-20(14-18)13-16-6-4-3-5-15(16)9-11-19-17-7-8-17/h3-6,17,19H,7-14H2,1-2H3. The van der Waals surface area contributed by atoms with Gasteiger partial charge in [0.2, 0.25) is 0 Å². The number of benzene rings is 1. The summed E-state index contributed by atoms with van der Waals surface area (Å²) in [6.07, 6.45) is 5.26. The summed E-state index contributed by atoms with van der Waals surface area (Å²) < 4.78 is 0. The van der Waals surface area contributed by atoms with Crippen molar-refractivity contribution in [1.29, 1.82) is 0 Å². The van der Waals surface area contributed by atoms with Crippen molar-refractivity contribution in [2.45, 2.75) is 52.1 Å².